The Kier molecular flexibility index (Phi) is 3.77. The number of terminal acetylenes is 1. The summed E-state index contributed by atoms with van der Waals surface area (Å²) in [6.07, 6.45) is 5.04. The minimum Gasteiger partial charge on any atom is -0.480 e. The van der Waals surface area contributed by atoms with Crippen molar-refractivity contribution in [2.45, 2.75) is 19.4 Å². The van der Waals surface area contributed by atoms with Crippen LogP contribution in [0.25, 0.3) is 10.2 Å². The number of carbonyl (C=O) groups excluding carboxylic acids is 1. The number of thiophene rings is 1. The number of hydrogen-bond acceptors (Lipinski definition) is 4. The molecule has 7 heteroatoms. The molecular weight excluding hydrogens is 278 g/mol. The zero-order chi connectivity index (χ0) is 14.9. The van der Waals surface area contributed by atoms with Gasteiger partial charge in [-0.25, -0.2) is 4.79 Å². The largest absolute Gasteiger partial charge is 0.480 e. The number of nitrogens with zero attached hydrogens (tertiary/aromatic N) is 2. The van der Waals surface area contributed by atoms with Crippen LogP contribution in [0.15, 0.2) is 6.07 Å². The third kappa shape index (κ3) is 2.51. The first-order valence-electron chi connectivity index (χ1n) is 5.84. The molecule has 2 aromatic heterocycles. The van der Waals surface area contributed by atoms with E-state index < -0.39 is 17.9 Å². The van der Waals surface area contributed by atoms with Crippen molar-refractivity contribution in [3.63, 3.8) is 0 Å². The molecule has 0 saturated carbocycles. The Labute approximate surface area is 119 Å². The van der Waals surface area contributed by atoms with E-state index in [0.29, 0.717) is 4.88 Å². The highest BCUT2D eigenvalue weighted by Crippen LogP contribution is 2.27. The van der Waals surface area contributed by atoms with Crippen LogP contribution >= 0.6 is 11.3 Å². The average Bonchev–Trinajstić information content (AvgIpc) is 2.91. The summed E-state index contributed by atoms with van der Waals surface area (Å²) in [7, 11) is 1.80. The van der Waals surface area contributed by atoms with Crippen LogP contribution in [0.3, 0.4) is 0 Å². The van der Waals surface area contributed by atoms with Crippen LogP contribution in [0.2, 0.25) is 0 Å². The van der Waals surface area contributed by atoms with Gasteiger partial charge in [-0.3, -0.25) is 9.48 Å². The molecule has 0 saturated heterocycles. The van der Waals surface area contributed by atoms with Crippen molar-refractivity contribution in [1.82, 2.24) is 15.1 Å². The molecule has 0 aliphatic carbocycles. The number of aliphatic carboxylic acids is 1. The van der Waals surface area contributed by atoms with Crippen LogP contribution in [0, 0.1) is 19.3 Å². The van der Waals surface area contributed by atoms with Gasteiger partial charge in [-0.15, -0.1) is 23.7 Å². The molecule has 2 rings (SSSR count). The van der Waals surface area contributed by atoms with E-state index in [2.05, 4.69) is 16.3 Å². The molecule has 2 heterocycles. The summed E-state index contributed by atoms with van der Waals surface area (Å²) < 4.78 is 1.70. The maximum absolute atomic E-state index is 12.1. The van der Waals surface area contributed by atoms with Gasteiger partial charge in [0.2, 0.25) is 0 Å². The van der Waals surface area contributed by atoms with E-state index in [-0.39, 0.29) is 6.42 Å². The van der Waals surface area contributed by atoms with E-state index in [0.717, 1.165) is 15.9 Å². The van der Waals surface area contributed by atoms with Gasteiger partial charge in [-0.1, -0.05) is 0 Å². The zero-order valence-corrected chi connectivity index (χ0v) is 11.8. The van der Waals surface area contributed by atoms with Crippen LogP contribution in [-0.2, 0) is 11.8 Å². The quantitative estimate of drug-likeness (QED) is 0.828. The molecule has 0 spiro atoms. The van der Waals surface area contributed by atoms with Crippen LogP contribution in [0.5, 0.6) is 0 Å². The van der Waals surface area contributed by atoms with E-state index >= 15 is 0 Å². The van der Waals surface area contributed by atoms with Gasteiger partial charge in [0.1, 0.15) is 10.9 Å². The third-order valence-corrected chi connectivity index (χ3v) is 4.05. The summed E-state index contributed by atoms with van der Waals surface area (Å²) in [6.45, 7) is 1.86. The number of nitrogens with one attached hydrogen (secondary N) is 1. The topological polar surface area (TPSA) is 84.2 Å². The summed E-state index contributed by atoms with van der Waals surface area (Å²) in [5.41, 5.74) is 0.830. The van der Waals surface area contributed by atoms with Crippen LogP contribution in [-0.4, -0.2) is 32.8 Å². The van der Waals surface area contributed by atoms with E-state index in [1.54, 1.807) is 17.8 Å². The summed E-state index contributed by atoms with van der Waals surface area (Å²) in [5.74, 6) is 0.659. The van der Waals surface area contributed by atoms with Gasteiger partial charge in [0.15, 0.2) is 0 Å². The van der Waals surface area contributed by atoms with Crippen molar-refractivity contribution >= 4 is 33.4 Å². The first-order valence-corrected chi connectivity index (χ1v) is 6.66. The first-order chi connectivity index (χ1) is 9.43. The van der Waals surface area contributed by atoms with Crippen molar-refractivity contribution < 1.29 is 14.7 Å². The van der Waals surface area contributed by atoms with Gasteiger partial charge in [0.05, 0.1) is 10.6 Å². The van der Waals surface area contributed by atoms with Gasteiger partial charge < -0.3 is 10.4 Å². The van der Waals surface area contributed by atoms with Gasteiger partial charge in [-0.2, -0.15) is 5.10 Å². The van der Waals surface area contributed by atoms with Gasteiger partial charge in [0, 0.05) is 18.9 Å². The molecule has 0 fully saturated rings. The van der Waals surface area contributed by atoms with Gasteiger partial charge in [-0.05, 0) is 13.0 Å². The molecule has 6 nitrogen and oxygen atoms in total. The van der Waals surface area contributed by atoms with E-state index in [1.807, 2.05) is 6.92 Å². The minimum atomic E-state index is -1.14. The summed E-state index contributed by atoms with van der Waals surface area (Å²) >= 11 is 1.27. The fraction of sp³-hybridized carbons (Fsp3) is 0.308. The number of carboxylic acids is 1. The molecule has 1 unspecified atom stereocenters. The Morgan fingerprint density at radius 1 is 1.65 bits per heavy atom. The number of aryl methyl sites for hydroxylation is 2. The monoisotopic (exact) mass is 291 g/mol. The molecule has 1 amide bonds. The van der Waals surface area contributed by atoms with Crippen LogP contribution in [0.1, 0.15) is 21.8 Å². The van der Waals surface area contributed by atoms with Gasteiger partial charge in [0.25, 0.3) is 5.91 Å². The number of rotatable bonds is 4. The Balaban J connectivity index is 2.25. The SMILES string of the molecule is C#CCC(NC(=O)c1cc2c(C)nn(C)c2s1)C(=O)O. The Hall–Kier alpha value is -2.33. The summed E-state index contributed by atoms with van der Waals surface area (Å²) in [6, 6.07) is 0.642. The standard InChI is InChI=1S/C13H13N3O3S/c1-4-5-9(13(18)19)14-11(17)10-6-8-7(2)15-16(3)12(8)20-10/h1,6,9H,5H2,2-3H3,(H,14,17)(H,18,19). The number of fused-ring (bicyclic) bond motifs is 1. The lowest BCUT2D eigenvalue weighted by Gasteiger charge is -2.10. The molecule has 0 aromatic carbocycles. The van der Waals surface area contributed by atoms with E-state index in [4.69, 9.17) is 11.5 Å². The zero-order valence-electron chi connectivity index (χ0n) is 11.0. The Morgan fingerprint density at radius 2 is 2.35 bits per heavy atom. The van der Waals surface area contributed by atoms with Crippen LogP contribution in [0.4, 0.5) is 0 Å². The maximum Gasteiger partial charge on any atom is 0.327 e. The van der Waals surface area contributed by atoms with Crippen molar-refractivity contribution in [2.24, 2.45) is 7.05 Å². The number of carboxylic acid groups (broad SMARTS) is 1. The smallest absolute Gasteiger partial charge is 0.327 e. The maximum atomic E-state index is 12.1. The lowest BCUT2D eigenvalue weighted by molar-refractivity contribution is -0.139. The number of carbonyl (C=O) groups is 2. The van der Waals surface area contributed by atoms with Crippen molar-refractivity contribution in [2.75, 3.05) is 0 Å². The lowest BCUT2D eigenvalue weighted by atomic mass is 10.2. The fourth-order valence-corrected chi connectivity index (χ4v) is 2.89. The second-order valence-electron chi connectivity index (χ2n) is 4.31. The lowest BCUT2D eigenvalue weighted by Crippen LogP contribution is -2.40. The molecule has 0 aliphatic heterocycles. The molecule has 2 N–H and O–H groups in total. The number of hydrogen-bond donors (Lipinski definition) is 2. The second kappa shape index (κ2) is 5.35. The highest BCUT2D eigenvalue weighted by Gasteiger charge is 2.21. The minimum absolute atomic E-state index is 0.0491. The third-order valence-electron chi connectivity index (χ3n) is 2.85. The molecule has 0 aliphatic rings. The Bertz CT molecular complexity index is 689. The van der Waals surface area contributed by atoms with Crippen molar-refractivity contribution in [3.8, 4) is 12.3 Å². The van der Waals surface area contributed by atoms with Crippen molar-refractivity contribution in [3.05, 3.63) is 16.6 Å². The first kappa shape index (κ1) is 14.1. The normalized spacial score (nSPS) is 12.1. The fourth-order valence-electron chi connectivity index (χ4n) is 1.86. The predicted molar refractivity (Wildman–Crippen MR) is 75.7 cm³/mol. The predicted octanol–water partition coefficient (Wildman–Crippen LogP) is 1.15. The molecule has 1 atom stereocenters. The van der Waals surface area contributed by atoms with Crippen molar-refractivity contribution in [1.29, 1.82) is 0 Å². The van der Waals surface area contributed by atoms with Crippen LogP contribution < -0.4 is 5.32 Å². The second-order valence-corrected chi connectivity index (χ2v) is 5.34. The molecule has 20 heavy (non-hydrogen) atoms. The van der Waals surface area contributed by atoms with E-state index in [9.17, 15) is 9.59 Å². The molecule has 104 valence electrons. The number of amides is 1. The Morgan fingerprint density at radius 3 is 2.90 bits per heavy atom. The average molecular weight is 291 g/mol. The molecule has 0 bridgehead atoms. The molecular formula is C13H13N3O3S. The van der Waals surface area contributed by atoms with Gasteiger partial charge >= 0.3 is 5.97 Å². The molecule has 2 aromatic rings. The van der Waals surface area contributed by atoms with E-state index in [1.165, 1.54) is 11.3 Å². The highest BCUT2D eigenvalue weighted by atomic mass is 32.1. The summed E-state index contributed by atoms with van der Waals surface area (Å²) in [4.78, 5) is 24.3. The number of aromatic nitrogens is 2. The summed E-state index contributed by atoms with van der Waals surface area (Å²) in [5, 5.41) is 16.5. The highest BCUT2D eigenvalue weighted by molar-refractivity contribution is 7.20. The molecule has 0 radical (unpaired) electrons.